The number of piperidine rings is 1. The smallest absolute Gasteiger partial charge is 0.414 e. The number of allylic oxidation sites excluding steroid dienone is 2. The fraction of sp³-hybridized carbons (Fsp3) is 0.562. The van der Waals surface area contributed by atoms with Gasteiger partial charge in [-0.2, -0.15) is 5.10 Å². The lowest BCUT2D eigenvalue weighted by molar-refractivity contribution is 0.0322. The van der Waals surface area contributed by atoms with Crippen LogP contribution in [0, 0.1) is 12.8 Å². The number of amides is 1. The molecule has 6 nitrogen and oxygen atoms in total. The van der Waals surface area contributed by atoms with E-state index in [1.165, 1.54) is 0 Å². The SMILES string of the molecule is Cc1[nH]nc2c1C13CC1CN(C(=O)OC(C)(C)C)C3=CC2=O. The Balaban J connectivity index is 1.75. The molecule has 2 fully saturated rings. The number of aromatic amines is 1. The maximum Gasteiger partial charge on any atom is 0.414 e. The van der Waals surface area contributed by atoms with Gasteiger partial charge in [-0.25, -0.2) is 4.79 Å². The van der Waals surface area contributed by atoms with E-state index in [0.717, 1.165) is 23.4 Å². The number of hydrogen-bond acceptors (Lipinski definition) is 4. The molecule has 0 radical (unpaired) electrons. The number of likely N-dealkylation sites (tertiary alicyclic amines) is 1. The monoisotopic (exact) mass is 301 g/mol. The normalized spacial score (nSPS) is 28.7. The summed E-state index contributed by atoms with van der Waals surface area (Å²) in [4.78, 5) is 26.4. The molecule has 1 spiro atoms. The van der Waals surface area contributed by atoms with Crippen molar-refractivity contribution >= 4 is 11.9 Å². The van der Waals surface area contributed by atoms with Gasteiger partial charge in [-0.3, -0.25) is 14.8 Å². The number of H-pyrrole nitrogens is 1. The van der Waals surface area contributed by atoms with E-state index in [1.54, 1.807) is 11.0 Å². The van der Waals surface area contributed by atoms with Crippen molar-refractivity contribution < 1.29 is 14.3 Å². The van der Waals surface area contributed by atoms with E-state index >= 15 is 0 Å². The van der Waals surface area contributed by atoms with E-state index in [2.05, 4.69) is 10.2 Å². The summed E-state index contributed by atoms with van der Waals surface area (Å²) in [6, 6.07) is 0. The Kier molecular flexibility index (Phi) is 2.34. The van der Waals surface area contributed by atoms with Crippen LogP contribution in [0.1, 0.15) is 48.9 Å². The van der Waals surface area contributed by atoms with Crippen LogP contribution in [0.5, 0.6) is 0 Å². The molecule has 1 aliphatic heterocycles. The highest BCUT2D eigenvalue weighted by molar-refractivity contribution is 6.08. The molecule has 3 aliphatic rings. The molecule has 0 aromatic carbocycles. The molecule has 116 valence electrons. The molecule has 1 saturated heterocycles. The van der Waals surface area contributed by atoms with Gasteiger partial charge in [0.25, 0.3) is 0 Å². The van der Waals surface area contributed by atoms with Gasteiger partial charge < -0.3 is 4.74 Å². The van der Waals surface area contributed by atoms with Crippen LogP contribution in [0.4, 0.5) is 4.79 Å². The first kappa shape index (κ1) is 13.5. The Morgan fingerprint density at radius 2 is 2.23 bits per heavy atom. The van der Waals surface area contributed by atoms with Crippen molar-refractivity contribution in [1.82, 2.24) is 15.1 Å². The van der Waals surface area contributed by atoms with E-state index in [-0.39, 0.29) is 17.3 Å². The van der Waals surface area contributed by atoms with Crippen molar-refractivity contribution in [2.75, 3.05) is 6.54 Å². The van der Waals surface area contributed by atoms with Crippen molar-refractivity contribution in [2.45, 2.75) is 45.1 Å². The first-order valence-electron chi connectivity index (χ1n) is 7.56. The predicted octanol–water partition coefficient (Wildman–Crippen LogP) is 2.31. The van der Waals surface area contributed by atoms with E-state index in [0.29, 0.717) is 18.2 Å². The van der Waals surface area contributed by atoms with Crippen LogP contribution < -0.4 is 0 Å². The highest BCUT2D eigenvalue weighted by Crippen LogP contribution is 2.67. The third kappa shape index (κ3) is 1.58. The van der Waals surface area contributed by atoms with Crippen LogP contribution in [0.2, 0.25) is 0 Å². The third-order valence-corrected chi connectivity index (χ3v) is 4.76. The molecule has 4 rings (SSSR count). The van der Waals surface area contributed by atoms with Gasteiger partial charge in [-0.1, -0.05) is 0 Å². The van der Waals surface area contributed by atoms with Crippen molar-refractivity contribution in [2.24, 2.45) is 5.92 Å². The summed E-state index contributed by atoms with van der Waals surface area (Å²) in [5, 5.41) is 7.06. The lowest BCUT2D eigenvalue weighted by atomic mass is 9.84. The maximum atomic E-state index is 12.4. The third-order valence-electron chi connectivity index (χ3n) is 4.76. The number of aryl methyl sites for hydroxylation is 1. The molecule has 2 aliphatic carbocycles. The zero-order valence-electron chi connectivity index (χ0n) is 13.2. The molecule has 6 heteroatoms. The topological polar surface area (TPSA) is 75.3 Å². The average Bonchev–Trinajstić information content (AvgIpc) is 2.78. The van der Waals surface area contributed by atoms with Gasteiger partial charge in [0.1, 0.15) is 11.3 Å². The quantitative estimate of drug-likeness (QED) is 0.798. The second kappa shape index (κ2) is 3.80. The maximum absolute atomic E-state index is 12.4. The van der Waals surface area contributed by atoms with Crippen molar-refractivity contribution in [3.63, 3.8) is 0 Å². The van der Waals surface area contributed by atoms with Crippen LogP contribution >= 0.6 is 0 Å². The predicted molar refractivity (Wildman–Crippen MR) is 78.5 cm³/mol. The molecule has 2 atom stereocenters. The van der Waals surface area contributed by atoms with Gasteiger partial charge in [0.2, 0.25) is 5.78 Å². The molecule has 2 unspecified atom stereocenters. The van der Waals surface area contributed by atoms with E-state index < -0.39 is 5.60 Å². The van der Waals surface area contributed by atoms with Gasteiger partial charge >= 0.3 is 6.09 Å². The first-order chi connectivity index (χ1) is 10.2. The molecule has 2 heterocycles. The molecular weight excluding hydrogens is 282 g/mol. The lowest BCUT2D eigenvalue weighted by Gasteiger charge is -2.30. The second-order valence-corrected chi connectivity index (χ2v) is 7.43. The molecule has 22 heavy (non-hydrogen) atoms. The number of nitrogens with one attached hydrogen (secondary N) is 1. The zero-order chi connectivity index (χ0) is 15.9. The number of ether oxygens (including phenoxy) is 1. The number of ketones is 1. The number of aromatic nitrogens is 2. The summed E-state index contributed by atoms with van der Waals surface area (Å²) in [5.74, 6) is 0.218. The van der Waals surface area contributed by atoms with Crippen LogP contribution in [0.25, 0.3) is 0 Å². The van der Waals surface area contributed by atoms with E-state index in [4.69, 9.17) is 4.74 Å². The number of carbonyl (C=O) groups is 2. The number of fused-ring (bicyclic) bond motifs is 1. The van der Waals surface area contributed by atoms with Gasteiger partial charge in [-0.05, 0) is 40.0 Å². The molecule has 0 bridgehead atoms. The minimum atomic E-state index is -0.549. The number of carbonyl (C=O) groups excluding carboxylic acids is 2. The highest BCUT2D eigenvalue weighted by atomic mass is 16.6. The standard InChI is InChI=1S/C16H19N3O3/c1-8-12-13(18-17-8)10(20)5-11-16(12)6-9(16)7-19(11)14(21)22-15(2,3)4/h5,9H,6-7H2,1-4H3,(H,17,18). The van der Waals surface area contributed by atoms with Crippen LogP contribution in [-0.2, 0) is 10.2 Å². The first-order valence-corrected chi connectivity index (χ1v) is 7.56. The van der Waals surface area contributed by atoms with Crippen LogP contribution in [-0.4, -0.2) is 39.1 Å². The molecule has 1 N–H and O–H groups in total. The Bertz CT molecular complexity index is 740. The molecule has 1 aromatic heterocycles. The van der Waals surface area contributed by atoms with Crippen molar-refractivity contribution in [1.29, 1.82) is 0 Å². The molecule has 1 amide bonds. The summed E-state index contributed by atoms with van der Waals surface area (Å²) in [6.07, 6.45) is 2.17. The number of rotatable bonds is 0. The van der Waals surface area contributed by atoms with Crippen LogP contribution in [0.3, 0.4) is 0 Å². The fourth-order valence-corrected chi connectivity index (χ4v) is 3.90. The van der Waals surface area contributed by atoms with E-state index in [9.17, 15) is 9.59 Å². The lowest BCUT2D eigenvalue weighted by Crippen LogP contribution is -2.37. The minimum absolute atomic E-state index is 0.138. The molecular formula is C16H19N3O3. The fourth-order valence-electron chi connectivity index (χ4n) is 3.90. The summed E-state index contributed by atoms with van der Waals surface area (Å²) in [7, 11) is 0. The number of hydrogen-bond donors (Lipinski definition) is 1. The van der Waals surface area contributed by atoms with Crippen molar-refractivity contribution in [3.05, 3.63) is 28.7 Å². The summed E-state index contributed by atoms with van der Waals surface area (Å²) in [6.45, 7) is 8.07. The van der Waals surface area contributed by atoms with Gasteiger partial charge in [0.05, 0.1) is 0 Å². The van der Waals surface area contributed by atoms with E-state index in [1.807, 2.05) is 27.7 Å². The Labute approximate surface area is 128 Å². The molecule has 1 aromatic rings. The molecule has 1 saturated carbocycles. The Morgan fingerprint density at radius 3 is 2.91 bits per heavy atom. The summed E-state index contributed by atoms with van der Waals surface area (Å²) >= 11 is 0. The van der Waals surface area contributed by atoms with Gasteiger partial charge in [0, 0.05) is 35.0 Å². The summed E-state index contributed by atoms with van der Waals surface area (Å²) in [5.41, 5.74) is 2.43. The Morgan fingerprint density at radius 1 is 1.50 bits per heavy atom. The zero-order valence-corrected chi connectivity index (χ0v) is 13.2. The Hall–Kier alpha value is -2.11. The highest BCUT2D eigenvalue weighted by Gasteiger charge is 2.68. The second-order valence-electron chi connectivity index (χ2n) is 7.43. The van der Waals surface area contributed by atoms with Crippen LogP contribution in [0.15, 0.2) is 11.8 Å². The van der Waals surface area contributed by atoms with Crippen molar-refractivity contribution in [3.8, 4) is 0 Å². The minimum Gasteiger partial charge on any atom is -0.443 e. The largest absolute Gasteiger partial charge is 0.443 e. The number of nitrogens with zero attached hydrogens (tertiary/aromatic N) is 2. The van der Waals surface area contributed by atoms with Gasteiger partial charge in [-0.15, -0.1) is 0 Å². The average molecular weight is 301 g/mol. The van der Waals surface area contributed by atoms with Gasteiger partial charge in [0.15, 0.2) is 0 Å². The summed E-state index contributed by atoms with van der Waals surface area (Å²) < 4.78 is 5.48.